The summed E-state index contributed by atoms with van der Waals surface area (Å²) >= 11 is 3.70. The summed E-state index contributed by atoms with van der Waals surface area (Å²) in [4.78, 5) is 2.32. The van der Waals surface area contributed by atoms with Gasteiger partial charge in [0.2, 0.25) is 0 Å². The molecule has 40 heavy (non-hydrogen) atoms. The monoisotopic (exact) mass is 548 g/mol. The summed E-state index contributed by atoms with van der Waals surface area (Å²) in [5.41, 5.74) is 5.67. The molecule has 0 fully saturated rings. The van der Waals surface area contributed by atoms with Gasteiger partial charge >= 0.3 is 0 Å². The van der Waals surface area contributed by atoms with Crippen LogP contribution in [0.15, 0.2) is 140 Å². The van der Waals surface area contributed by atoms with Crippen molar-refractivity contribution in [1.82, 2.24) is 0 Å². The third kappa shape index (κ3) is 4.01. The van der Waals surface area contributed by atoms with Crippen molar-refractivity contribution < 1.29 is 0 Å². The van der Waals surface area contributed by atoms with E-state index in [1.165, 1.54) is 40.3 Å². The van der Waals surface area contributed by atoms with Crippen molar-refractivity contribution >= 4 is 91.5 Å². The van der Waals surface area contributed by atoms with Crippen molar-refractivity contribution in [1.29, 1.82) is 0 Å². The second-order valence-electron chi connectivity index (χ2n) is 9.93. The van der Waals surface area contributed by atoms with Crippen LogP contribution in [0.5, 0.6) is 0 Å². The van der Waals surface area contributed by atoms with Crippen LogP contribution in [-0.2, 0) is 0 Å². The molecule has 0 amide bonds. The standard InChI is InChI=1S/C36H24N2S2/c1-3-9-26(10-4-1)38(27-11-5-2-6-12-27)28-17-18-30-32-22-25(16-20-35(32)40-36(30)23-28)37-24-15-19-34-31(21-24)29-13-7-8-14-33(29)39-34/h1-23,37H. The number of nitrogens with zero attached hydrogens (tertiary/aromatic N) is 1. The fourth-order valence-corrected chi connectivity index (χ4v) is 7.76. The molecule has 0 saturated carbocycles. The minimum absolute atomic E-state index is 1.10. The second-order valence-corrected chi connectivity index (χ2v) is 12.1. The average Bonchev–Trinajstić information content (AvgIpc) is 3.56. The van der Waals surface area contributed by atoms with Crippen molar-refractivity contribution in [2.75, 3.05) is 10.2 Å². The lowest BCUT2D eigenvalue weighted by Crippen LogP contribution is -2.09. The number of benzene rings is 6. The Hall–Kier alpha value is -4.64. The second kappa shape index (κ2) is 9.53. The van der Waals surface area contributed by atoms with E-state index in [-0.39, 0.29) is 0 Å². The molecule has 0 unspecified atom stereocenters. The number of para-hydroxylation sites is 2. The van der Waals surface area contributed by atoms with Crippen LogP contribution in [0.25, 0.3) is 40.3 Å². The largest absolute Gasteiger partial charge is 0.355 e. The zero-order chi connectivity index (χ0) is 26.5. The van der Waals surface area contributed by atoms with Gasteiger partial charge in [-0.2, -0.15) is 0 Å². The van der Waals surface area contributed by atoms with Crippen LogP contribution in [0.3, 0.4) is 0 Å². The van der Waals surface area contributed by atoms with Gasteiger partial charge in [0, 0.05) is 68.8 Å². The molecular formula is C36H24N2S2. The summed E-state index contributed by atoms with van der Waals surface area (Å²) in [6, 6.07) is 50.0. The molecule has 0 bridgehead atoms. The maximum absolute atomic E-state index is 3.67. The topological polar surface area (TPSA) is 15.3 Å². The number of anilines is 5. The van der Waals surface area contributed by atoms with Gasteiger partial charge in [0.05, 0.1) is 0 Å². The van der Waals surface area contributed by atoms with Gasteiger partial charge < -0.3 is 10.2 Å². The first-order valence-corrected chi connectivity index (χ1v) is 15.0. The minimum Gasteiger partial charge on any atom is -0.355 e. The Morgan fingerprint density at radius 2 is 0.900 bits per heavy atom. The minimum atomic E-state index is 1.10. The maximum Gasteiger partial charge on any atom is 0.0476 e. The molecule has 0 aliphatic heterocycles. The Bertz CT molecular complexity index is 2100. The van der Waals surface area contributed by atoms with Crippen molar-refractivity contribution in [3.8, 4) is 0 Å². The third-order valence-corrected chi connectivity index (χ3v) is 9.69. The van der Waals surface area contributed by atoms with E-state index in [1.54, 1.807) is 0 Å². The van der Waals surface area contributed by atoms with Crippen LogP contribution in [0, 0.1) is 0 Å². The summed E-state index contributed by atoms with van der Waals surface area (Å²) in [5, 5.41) is 8.87. The van der Waals surface area contributed by atoms with E-state index >= 15 is 0 Å². The van der Waals surface area contributed by atoms with Gasteiger partial charge in [-0.3, -0.25) is 0 Å². The van der Waals surface area contributed by atoms with Crippen molar-refractivity contribution in [3.63, 3.8) is 0 Å². The molecule has 1 N–H and O–H groups in total. The van der Waals surface area contributed by atoms with Crippen LogP contribution in [0.1, 0.15) is 0 Å². The molecule has 190 valence electrons. The van der Waals surface area contributed by atoms with Crippen molar-refractivity contribution in [2.45, 2.75) is 0 Å². The third-order valence-electron chi connectivity index (χ3n) is 7.41. The molecule has 4 heteroatoms. The van der Waals surface area contributed by atoms with Crippen molar-refractivity contribution in [3.05, 3.63) is 140 Å². The smallest absolute Gasteiger partial charge is 0.0476 e. The highest BCUT2D eigenvalue weighted by molar-refractivity contribution is 7.26. The molecule has 0 saturated heterocycles. The molecule has 0 aliphatic rings. The van der Waals surface area contributed by atoms with E-state index in [9.17, 15) is 0 Å². The summed E-state index contributed by atoms with van der Waals surface area (Å²) in [6.45, 7) is 0. The van der Waals surface area contributed by atoms with E-state index in [0.717, 1.165) is 28.4 Å². The summed E-state index contributed by atoms with van der Waals surface area (Å²) in [7, 11) is 0. The zero-order valence-electron chi connectivity index (χ0n) is 21.5. The quantitative estimate of drug-likeness (QED) is 0.230. The Labute approximate surface area is 240 Å². The Kier molecular flexibility index (Phi) is 5.54. The average molecular weight is 549 g/mol. The lowest BCUT2D eigenvalue weighted by molar-refractivity contribution is 1.29. The van der Waals surface area contributed by atoms with E-state index < -0.39 is 0 Å². The van der Waals surface area contributed by atoms with E-state index in [0.29, 0.717) is 0 Å². The normalized spacial score (nSPS) is 11.5. The van der Waals surface area contributed by atoms with Gasteiger partial charge in [0.25, 0.3) is 0 Å². The summed E-state index contributed by atoms with van der Waals surface area (Å²) < 4.78 is 5.23. The number of nitrogens with one attached hydrogen (secondary N) is 1. The van der Waals surface area contributed by atoms with Gasteiger partial charge in [0.1, 0.15) is 0 Å². The first-order chi connectivity index (χ1) is 19.8. The maximum atomic E-state index is 3.67. The predicted molar refractivity (Wildman–Crippen MR) is 177 cm³/mol. The first kappa shape index (κ1) is 23.3. The van der Waals surface area contributed by atoms with Crippen LogP contribution in [-0.4, -0.2) is 0 Å². The highest BCUT2D eigenvalue weighted by Crippen LogP contribution is 2.41. The molecule has 0 atom stereocenters. The number of hydrogen-bond donors (Lipinski definition) is 1. The van der Waals surface area contributed by atoms with Gasteiger partial charge in [0.15, 0.2) is 0 Å². The molecule has 0 spiro atoms. The molecule has 0 radical (unpaired) electrons. The van der Waals surface area contributed by atoms with E-state index in [1.807, 2.05) is 22.7 Å². The van der Waals surface area contributed by atoms with Gasteiger partial charge in [-0.1, -0.05) is 60.7 Å². The summed E-state index contributed by atoms with van der Waals surface area (Å²) in [5.74, 6) is 0. The van der Waals surface area contributed by atoms with E-state index in [2.05, 4.69) is 150 Å². The molecule has 2 aromatic heterocycles. The van der Waals surface area contributed by atoms with Gasteiger partial charge in [-0.25, -0.2) is 0 Å². The zero-order valence-corrected chi connectivity index (χ0v) is 23.2. The van der Waals surface area contributed by atoms with E-state index in [4.69, 9.17) is 0 Å². The molecule has 2 heterocycles. The van der Waals surface area contributed by atoms with Crippen molar-refractivity contribution in [2.24, 2.45) is 0 Å². The van der Waals surface area contributed by atoms with Crippen LogP contribution in [0.4, 0.5) is 28.4 Å². The molecule has 6 aromatic carbocycles. The molecule has 8 rings (SSSR count). The Morgan fingerprint density at radius 3 is 1.55 bits per heavy atom. The van der Waals surface area contributed by atoms with Crippen LogP contribution >= 0.6 is 22.7 Å². The number of fused-ring (bicyclic) bond motifs is 6. The van der Waals surface area contributed by atoms with Crippen LogP contribution < -0.4 is 10.2 Å². The SMILES string of the molecule is c1ccc(N(c2ccccc2)c2ccc3c(c2)sc2ccc(Nc4ccc5sc6ccccc6c5c4)cc23)cc1. The number of thiophene rings is 2. The fraction of sp³-hybridized carbons (Fsp3) is 0. The van der Waals surface area contributed by atoms with Gasteiger partial charge in [-0.15, -0.1) is 22.7 Å². The Balaban J connectivity index is 1.18. The molecular weight excluding hydrogens is 525 g/mol. The number of rotatable bonds is 5. The molecule has 0 aliphatic carbocycles. The lowest BCUT2D eigenvalue weighted by Gasteiger charge is -2.25. The predicted octanol–water partition coefficient (Wildman–Crippen LogP) is 11.6. The highest BCUT2D eigenvalue weighted by Gasteiger charge is 2.14. The molecule has 2 nitrogen and oxygen atoms in total. The van der Waals surface area contributed by atoms with Crippen LogP contribution in [0.2, 0.25) is 0 Å². The lowest BCUT2D eigenvalue weighted by atomic mass is 10.1. The molecule has 8 aromatic rings. The fourth-order valence-electron chi connectivity index (χ4n) is 5.55. The number of hydrogen-bond acceptors (Lipinski definition) is 4. The Morgan fingerprint density at radius 1 is 0.375 bits per heavy atom. The first-order valence-electron chi connectivity index (χ1n) is 13.4. The highest BCUT2D eigenvalue weighted by atomic mass is 32.1. The summed E-state index contributed by atoms with van der Waals surface area (Å²) in [6.07, 6.45) is 0. The van der Waals surface area contributed by atoms with Gasteiger partial charge in [-0.05, 0) is 78.9 Å².